The molecule has 0 radical (unpaired) electrons. The van der Waals surface area contributed by atoms with Gasteiger partial charge in [-0.15, -0.1) is 0 Å². The van der Waals surface area contributed by atoms with Gasteiger partial charge in [0.25, 0.3) is 0 Å². The molecule has 0 saturated carbocycles. The minimum absolute atomic E-state index is 0.224. The lowest BCUT2D eigenvalue weighted by Gasteiger charge is -2.08. The highest BCUT2D eigenvalue weighted by Crippen LogP contribution is 2.29. The first kappa shape index (κ1) is 12.8. The molecule has 0 atom stereocenters. The third kappa shape index (κ3) is 2.42. The summed E-state index contributed by atoms with van der Waals surface area (Å²) in [5.74, 6) is 1.08. The molecule has 0 aliphatic carbocycles. The van der Waals surface area contributed by atoms with Crippen molar-refractivity contribution in [1.29, 1.82) is 0 Å². The fourth-order valence-electron chi connectivity index (χ4n) is 1.79. The van der Waals surface area contributed by atoms with Gasteiger partial charge in [0, 0.05) is 11.6 Å². The van der Waals surface area contributed by atoms with E-state index in [1.807, 2.05) is 30.3 Å². The molecule has 0 spiro atoms. The molecule has 3 rings (SSSR count). The van der Waals surface area contributed by atoms with Crippen molar-refractivity contribution in [2.45, 2.75) is 0 Å². The van der Waals surface area contributed by atoms with E-state index in [2.05, 4.69) is 30.9 Å². The van der Waals surface area contributed by atoms with E-state index >= 15 is 0 Å². The van der Waals surface area contributed by atoms with E-state index < -0.39 is 0 Å². The summed E-state index contributed by atoms with van der Waals surface area (Å²) in [5, 5.41) is 0.903. The fraction of sp³-hybridized carbons (Fsp3) is 0.0714. The summed E-state index contributed by atoms with van der Waals surface area (Å²) in [5.41, 5.74) is 0.856. The third-order valence-corrected chi connectivity index (χ3v) is 3.23. The van der Waals surface area contributed by atoms with E-state index in [4.69, 9.17) is 9.47 Å². The first-order chi connectivity index (χ1) is 9.78. The molecule has 20 heavy (non-hydrogen) atoms. The van der Waals surface area contributed by atoms with Gasteiger partial charge in [-0.2, -0.15) is 4.98 Å². The van der Waals surface area contributed by atoms with Crippen LogP contribution in [0, 0.1) is 0 Å². The molecular formula is C14H10BrN3O2. The summed E-state index contributed by atoms with van der Waals surface area (Å²) >= 11 is 3.30. The van der Waals surface area contributed by atoms with Crippen LogP contribution in [-0.2, 0) is 0 Å². The van der Waals surface area contributed by atoms with Crippen LogP contribution in [0.15, 0.2) is 47.2 Å². The number of rotatable bonds is 3. The van der Waals surface area contributed by atoms with Crippen LogP contribution in [0.5, 0.6) is 17.6 Å². The zero-order valence-electron chi connectivity index (χ0n) is 10.6. The van der Waals surface area contributed by atoms with Crippen molar-refractivity contribution >= 4 is 26.8 Å². The average molecular weight is 332 g/mol. The summed E-state index contributed by atoms with van der Waals surface area (Å²) in [4.78, 5) is 12.6. The highest BCUT2D eigenvalue weighted by molar-refractivity contribution is 9.10. The number of fused-ring (bicyclic) bond motifs is 1. The molecule has 2 aromatic heterocycles. The molecule has 100 valence electrons. The number of halogens is 1. The molecule has 0 aliphatic rings. The number of methoxy groups -OCH3 is 1. The van der Waals surface area contributed by atoms with E-state index in [-0.39, 0.29) is 6.01 Å². The predicted octanol–water partition coefficient (Wildman–Crippen LogP) is 3.59. The molecule has 0 saturated heterocycles. The van der Waals surface area contributed by atoms with Crippen LogP contribution < -0.4 is 9.47 Å². The van der Waals surface area contributed by atoms with E-state index in [0.717, 1.165) is 10.9 Å². The second-order valence-electron chi connectivity index (χ2n) is 3.94. The smallest absolute Gasteiger partial charge is 0.325 e. The highest BCUT2D eigenvalue weighted by atomic mass is 79.9. The number of aromatic nitrogens is 3. The van der Waals surface area contributed by atoms with Crippen LogP contribution in [0.2, 0.25) is 0 Å². The van der Waals surface area contributed by atoms with Gasteiger partial charge in [-0.25, -0.2) is 4.98 Å². The minimum Gasteiger partial charge on any atom is -0.480 e. The van der Waals surface area contributed by atoms with Gasteiger partial charge in [0.05, 0.1) is 23.3 Å². The topological polar surface area (TPSA) is 57.1 Å². The molecule has 6 heteroatoms. The Labute approximate surface area is 123 Å². The van der Waals surface area contributed by atoms with Crippen LogP contribution in [0.3, 0.4) is 0 Å². The normalized spacial score (nSPS) is 10.5. The Morgan fingerprint density at radius 1 is 1.10 bits per heavy atom. The number of nitrogens with zero attached hydrogens (tertiary/aromatic N) is 3. The molecule has 0 unspecified atom stereocenters. The molecule has 1 aromatic carbocycles. The van der Waals surface area contributed by atoms with Gasteiger partial charge in [0.2, 0.25) is 5.88 Å². The lowest BCUT2D eigenvalue weighted by Crippen LogP contribution is -1.96. The molecular weight excluding hydrogens is 322 g/mol. The molecule has 0 fully saturated rings. The first-order valence-electron chi connectivity index (χ1n) is 5.86. The number of pyridine rings is 1. The lowest BCUT2D eigenvalue weighted by molar-refractivity contribution is 0.374. The van der Waals surface area contributed by atoms with Gasteiger partial charge in [-0.1, -0.05) is 6.07 Å². The van der Waals surface area contributed by atoms with Crippen LogP contribution in [0.1, 0.15) is 0 Å². The Morgan fingerprint density at radius 3 is 2.85 bits per heavy atom. The summed E-state index contributed by atoms with van der Waals surface area (Å²) in [7, 11) is 1.54. The van der Waals surface area contributed by atoms with Crippen molar-refractivity contribution in [3.63, 3.8) is 0 Å². The van der Waals surface area contributed by atoms with Gasteiger partial charge in [-0.3, -0.25) is 4.98 Å². The fourth-order valence-corrected chi connectivity index (χ4v) is 2.14. The van der Waals surface area contributed by atoms with E-state index in [1.165, 1.54) is 0 Å². The molecule has 0 amide bonds. The maximum absolute atomic E-state index is 5.73. The van der Waals surface area contributed by atoms with Gasteiger partial charge < -0.3 is 9.47 Å². The van der Waals surface area contributed by atoms with Crippen molar-refractivity contribution in [1.82, 2.24) is 15.0 Å². The zero-order valence-corrected chi connectivity index (χ0v) is 12.2. The Balaban J connectivity index is 2.01. The maximum atomic E-state index is 5.73. The molecule has 0 N–H and O–H groups in total. The van der Waals surface area contributed by atoms with Gasteiger partial charge in [0.15, 0.2) is 0 Å². The Kier molecular flexibility index (Phi) is 3.47. The highest BCUT2D eigenvalue weighted by Gasteiger charge is 2.09. The standard InChI is InChI=1S/C14H10BrN3O2/c1-19-13-10(15)8-17-14(18-13)20-12-6-2-5-11-9(12)4-3-7-16-11/h2-8H,1H3. The average Bonchev–Trinajstić information content (AvgIpc) is 2.49. The van der Waals surface area contributed by atoms with Gasteiger partial charge in [-0.05, 0) is 40.2 Å². The second kappa shape index (κ2) is 5.42. The van der Waals surface area contributed by atoms with Crippen LogP contribution in [-0.4, -0.2) is 22.1 Å². The monoisotopic (exact) mass is 331 g/mol. The third-order valence-electron chi connectivity index (χ3n) is 2.69. The van der Waals surface area contributed by atoms with Crippen molar-refractivity contribution in [3.8, 4) is 17.6 Å². The quantitative estimate of drug-likeness (QED) is 0.734. The summed E-state index contributed by atoms with van der Waals surface area (Å²) in [6.45, 7) is 0. The summed E-state index contributed by atoms with van der Waals surface area (Å²) in [6.07, 6.45) is 3.33. The Bertz CT molecular complexity index is 759. The van der Waals surface area contributed by atoms with E-state index in [1.54, 1.807) is 19.5 Å². The number of benzene rings is 1. The van der Waals surface area contributed by atoms with Crippen molar-refractivity contribution in [2.24, 2.45) is 0 Å². The van der Waals surface area contributed by atoms with Crippen molar-refractivity contribution in [2.75, 3.05) is 7.11 Å². The van der Waals surface area contributed by atoms with Crippen molar-refractivity contribution < 1.29 is 9.47 Å². The summed E-state index contributed by atoms with van der Waals surface area (Å²) < 4.78 is 11.5. The molecule has 3 aromatic rings. The first-order valence-corrected chi connectivity index (χ1v) is 6.65. The SMILES string of the molecule is COc1nc(Oc2cccc3ncccc23)ncc1Br. The molecule has 0 aliphatic heterocycles. The largest absolute Gasteiger partial charge is 0.480 e. The number of ether oxygens (including phenoxy) is 2. The van der Waals surface area contributed by atoms with Crippen molar-refractivity contribution in [3.05, 3.63) is 47.2 Å². The number of hydrogen-bond acceptors (Lipinski definition) is 5. The van der Waals surface area contributed by atoms with E-state index in [0.29, 0.717) is 16.1 Å². The van der Waals surface area contributed by atoms with E-state index in [9.17, 15) is 0 Å². The molecule has 0 bridgehead atoms. The molecule has 2 heterocycles. The van der Waals surface area contributed by atoms with Gasteiger partial charge >= 0.3 is 6.01 Å². The van der Waals surface area contributed by atoms with Crippen LogP contribution in [0.4, 0.5) is 0 Å². The van der Waals surface area contributed by atoms with Gasteiger partial charge in [0.1, 0.15) is 5.75 Å². The number of hydrogen-bond donors (Lipinski definition) is 0. The second-order valence-corrected chi connectivity index (χ2v) is 4.79. The molecule has 5 nitrogen and oxygen atoms in total. The zero-order chi connectivity index (χ0) is 13.9. The summed E-state index contributed by atoms with van der Waals surface area (Å²) in [6, 6.07) is 9.67. The predicted molar refractivity (Wildman–Crippen MR) is 78.1 cm³/mol. The lowest BCUT2D eigenvalue weighted by atomic mass is 10.2. The van der Waals surface area contributed by atoms with Crippen LogP contribution >= 0.6 is 15.9 Å². The Hall–Kier alpha value is -2.21. The van der Waals surface area contributed by atoms with Crippen LogP contribution in [0.25, 0.3) is 10.9 Å². The Morgan fingerprint density at radius 2 is 2.00 bits per heavy atom. The maximum Gasteiger partial charge on any atom is 0.325 e. The minimum atomic E-state index is 0.224.